The zero-order chi connectivity index (χ0) is 11.6. The van der Waals surface area contributed by atoms with Crippen LogP contribution >= 0.6 is 0 Å². The standard InChI is InChI=1S/C10H20N2O2S/c1-7(6-15(3)14)12-9(13)10(2,11)8-4-5-8/h7-8H,4-6,11H2,1-3H3,(H,12,13). The molecule has 0 aliphatic heterocycles. The summed E-state index contributed by atoms with van der Waals surface area (Å²) < 4.78 is 11.0. The minimum atomic E-state index is -0.889. The van der Waals surface area contributed by atoms with E-state index < -0.39 is 16.3 Å². The molecule has 15 heavy (non-hydrogen) atoms. The minimum absolute atomic E-state index is 0.0787. The zero-order valence-electron chi connectivity index (χ0n) is 9.58. The molecule has 0 spiro atoms. The monoisotopic (exact) mass is 232 g/mol. The summed E-state index contributed by atoms with van der Waals surface area (Å²) in [5, 5.41) is 2.82. The van der Waals surface area contributed by atoms with Crippen molar-refractivity contribution in [3.8, 4) is 0 Å². The van der Waals surface area contributed by atoms with Gasteiger partial charge in [0.25, 0.3) is 0 Å². The molecule has 5 heteroatoms. The van der Waals surface area contributed by atoms with E-state index in [0.29, 0.717) is 11.7 Å². The highest BCUT2D eigenvalue weighted by Crippen LogP contribution is 2.38. The van der Waals surface area contributed by atoms with Gasteiger partial charge in [0.2, 0.25) is 5.91 Å². The molecular formula is C10H20N2O2S. The third kappa shape index (κ3) is 3.57. The summed E-state index contributed by atoms with van der Waals surface area (Å²) in [6, 6.07) is -0.0787. The average molecular weight is 232 g/mol. The Morgan fingerprint density at radius 1 is 1.67 bits per heavy atom. The summed E-state index contributed by atoms with van der Waals surface area (Å²) >= 11 is 0. The highest BCUT2D eigenvalue weighted by molar-refractivity contribution is 7.84. The molecule has 88 valence electrons. The Morgan fingerprint density at radius 3 is 2.60 bits per heavy atom. The molecule has 1 amide bonds. The fourth-order valence-electron chi connectivity index (χ4n) is 1.64. The molecule has 0 heterocycles. The van der Waals surface area contributed by atoms with Crippen molar-refractivity contribution in [3.05, 3.63) is 0 Å². The van der Waals surface area contributed by atoms with Crippen LogP contribution in [0, 0.1) is 5.92 Å². The predicted molar refractivity (Wildman–Crippen MR) is 61.9 cm³/mol. The number of carbonyl (C=O) groups is 1. The van der Waals surface area contributed by atoms with Gasteiger partial charge in [-0.15, -0.1) is 0 Å². The fraction of sp³-hybridized carbons (Fsp3) is 0.900. The molecule has 1 aliphatic rings. The predicted octanol–water partition coefficient (Wildman–Crippen LogP) is -0.00300. The Balaban J connectivity index is 2.43. The maximum Gasteiger partial charge on any atom is 0.240 e. The molecule has 0 radical (unpaired) electrons. The molecule has 1 aliphatic carbocycles. The van der Waals surface area contributed by atoms with E-state index >= 15 is 0 Å². The van der Waals surface area contributed by atoms with Gasteiger partial charge in [0.1, 0.15) is 0 Å². The third-order valence-electron chi connectivity index (χ3n) is 2.78. The van der Waals surface area contributed by atoms with Crippen LogP contribution in [0.5, 0.6) is 0 Å². The van der Waals surface area contributed by atoms with Crippen molar-refractivity contribution in [2.24, 2.45) is 11.7 Å². The van der Waals surface area contributed by atoms with Gasteiger partial charge < -0.3 is 11.1 Å². The number of rotatable bonds is 5. The Kier molecular flexibility index (Phi) is 3.89. The van der Waals surface area contributed by atoms with Crippen LogP contribution in [0.3, 0.4) is 0 Å². The molecule has 0 saturated heterocycles. The van der Waals surface area contributed by atoms with E-state index in [1.165, 1.54) is 0 Å². The van der Waals surface area contributed by atoms with Crippen LogP contribution in [0.2, 0.25) is 0 Å². The third-order valence-corrected chi connectivity index (χ3v) is 3.75. The maximum atomic E-state index is 11.8. The maximum absolute atomic E-state index is 11.8. The second kappa shape index (κ2) is 4.61. The van der Waals surface area contributed by atoms with E-state index in [2.05, 4.69) is 5.32 Å². The molecule has 1 rings (SSSR count). The highest BCUT2D eigenvalue weighted by Gasteiger charge is 2.44. The van der Waals surface area contributed by atoms with E-state index in [4.69, 9.17) is 5.73 Å². The van der Waals surface area contributed by atoms with E-state index in [1.54, 1.807) is 13.2 Å². The summed E-state index contributed by atoms with van der Waals surface area (Å²) in [6.45, 7) is 3.62. The second-order valence-electron chi connectivity index (χ2n) is 4.67. The first-order chi connectivity index (χ1) is 6.84. The van der Waals surface area contributed by atoms with Gasteiger partial charge in [-0.05, 0) is 32.6 Å². The summed E-state index contributed by atoms with van der Waals surface area (Å²) in [5.74, 6) is 0.673. The average Bonchev–Trinajstić information content (AvgIpc) is 2.83. The van der Waals surface area contributed by atoms with Crippen molar-refractivity contribution in [1.29, 1.82) is 0 Å². The molecule has 1 fully saturated rings. The van der Waals surface area contributed by atoms with Crippen LogP contribution in [0.15, 0.2) is 0 Å². The number of hydrogen-bond donors (Lipinski definition) is 2. The van der Waals surface area contributed by atoms with E-state index in [1.807, 2.05) is 6.92 Å². The van der Waals surface area contributed by atoms with Crippen LogP contribution in [-0.2, 0) is 15.6 Å². The number of nitrogens with two attached hydrogens (primary N) is 1. The first-order valence-corrected chi connectivity index (χ1v) is 6.96. The van der Waals surface area contributed by atoms with Gasteiger partial charge >= 0.3 is 0 Å². The lowest BCUT2D eigenvalue weighted by atomic mass is 9.96. The van der Waals surface area contributed by atoms with E-state index in [9.17, 15) is 9.00 Å². The van der Waals surface area contributed by atoms with Crippen molar-refractivity contribution in [1.82, 2.24) is 5.32 Å². The first-order valence-electron chi connectivity index (χ1n) is 5.24. The quantitative estimate of drug-likeness (QED) is 0.700. The van der Waals surface area contributed by atoms with Crippen LogP contribution in [0.25, 0.3) is 0 Å². The number of amides is 1. The van der Waals surface area contributed by atoms with Crippen molar-refractivity contribution in [3.63, 3.8) is 0 Å². The molecule has 0 aromatic carbocycles. The smallest absolute Gasteiger partial charge is 0.240 e. The van der Waals surface area contributed by atoms with Crippen molar-refractivity contribution >= 4 is 16.7 Å². The lowest BCUT2D eigenvalue weighted by Gasteiger charge is -2.25. The van der Waals surface area contributed by atoms with E-state index in [-0.39, 0.29) is 11.9 Å². The summed E-state index contributed by atoms with van der Waals surface area (Å²) in [4.78, 5) is 11.8. The normalized spacial score (nSPS) is 24.0. The molecule has 3 atom stereocenters. The Hall–Kier alpha value is -0.420. The van der Waals surface area contributed by atoms with Gasteiger partial charge in [-0.1, -0.05) is 0 Å². The Morgan fingerprint density at radius 2 is 2.20 bits per heavy atom. The van der Waals surface area contributed by atoms with Gasteiger partial charge in [-0.25, -0.2) is 0 Å². The molecule has 0 aromatic rings. The van der Waals surface area contributed by atoms with Gasteiger partial charge in [0, 0.05) is 28.9 Å². The van der Waals surface area contributed by atoms with Crippen molar-refractivity contribution in [2.45, 2.75) is 38.3 Å². The molecule has 1 saturated carbocycles. The SMILES string of the molecule is CC(CS(C)=O)NC(=O)C(C)(N)C1CC1. The van der Waals surface area contributed by atoms with Crippen molar-refractivity contribution in [2.75, 3.05) is 12.0 Å². The van der Waals surface area contributed by atoms with Crippen LogP contribution in [0.4, 0.5) is 0 Å². The van der Waals surface area contributed by atoms with Crippen molar-refractivity contribution < 1.29 is 9.00 Å². The lowest BCUT2D eigenvalue weighted by Crippen LogP contribution is -2.55. The Bertz CT molecular complexity index is 275. The molecule has 4 nitrogen and oxygen atoms in total. The van der Waals surface area contributed by atoms with Crippen LogP contribution in [0.1, 0.15) is 26.7 Å². The first kappa shape index (κ1) is 12.6. The number of nitrogens with one attached hydrogen (secondary N) is 1. The fourth-order valence-corrected chi connectivity index (χ4v) is 2.43. The second-order valence-corrected chi connectivity index (χ2v) is 6.15. The molecule has 0 aromatic heterocycles. The van der Waals surface area contributed by atoms with E-state index in [0.717, 1.165) is 12.8 Å². The zero-order valence-corrected chi connectivity index (χ0v) is 10.4. The summed E-state index contributed by atoms with van der Waals surface area (Å²) in [5.41, 5.74) is 5.20. The summed E-state index contributed by atoms with van der Waals surface area (Å²) in [7, 11) is -0.889. The van der Waals surface area contributed by atoms with Crippen LogP contribution < -0.4 is 11.1 Å². The Labute approximate surface area is 93.4 Å². The molecular weight excluding hydrogens is 212 g/mol. The largest absolute Gasteiger partial charge is 0.351 e. The molecule has 3 N–H and O–H groups in total. The lowest BCUT2D eigenvalue weighted by molar-refractivity contribution is -0.127. The highest BCUT2D eigenvalue weighted by atomic mass is 32.2. The number of hydrogen-bond acceptors (Lipinski definition) is 3. The van der Waals surface area contributed by atoms with Crippen LogP contribution in [-0.4, -0.2) is 33.7 Å². The molecule has 0 bridgehead atoms. The number of carbonyl (C=O) groups excluding carboxylic acids is 1. The summed E-state index contributed by atoms with van der Waals surface area (Å²) in [6.07, 6.45) is 3.70. The topological polar surface area (TPSA) is 72.2 Å². The van der Waals surface area contributed by atoms with Gasteiger partial charge in [0.15, 0.2) is 0 Å². The van der Waals surface area contributed by atoms with Gasteiger partial charge in [-0.3, -0.25) is 9.00 Å². The van der Waals surface area contributed by atoms with Gasteiger partial charge in [0.05, 0.1) is 5.54 Å². The van der Waals surface area contributed by atoms with Gasteiger partial charge in [-0.2, -0.15) is 0 Å². The minimum Gasteiger partial charge on any atom is -0.351 e. The molecule has 3 unspecified atom stereocenters.